The maximum Gasteiger partial charge on any atom is 0.337 e. The van der Waals surface area contributed by atoms with Crippen LogP contribution in [0.25, 0.3) is 0 Å². The van der Waals surface area contributed by atoms with Crippen LogP contribution in [0.2, 0.25) is 0 Å². The van der Waals surface area contributed by atoms with Crippen LogP contribution in [-0.2, 0) is 0 Å². The fraction of sp³-hybridized carbons (Fsp3) is 0.385. The molecule has 0 amide bonds. The number of hydrogen-bond donors (Lipinski definition) is 1. The number of carboxylic acids is 1. The summed E-state index contributed by atoms with van der Waals surface area (Å²) >= 11 is 0. The Labute approximate surface area is 105 Å². The van der Waals surface area contributed by atoms with Gasteiger partial charge in [0.2, 0.25) is 0 Å². The molecule has 96 valence electrons. The second-order valence-corrected chi connectivity index (χ2v) is 4.16. The Balaban J connectivity index is 3.19. The van der Waals surface area contributed by atoms with Crippen LogP contribution in [0.3, 0.4) is 0 Å². The molecule has 0 aliphatic rings. The largest absolute Gasteiger partial charge is 0.478 e. The minimum Gasteiger partial charge on any atom is -0.478 e. The maximum absolute atomic E-state index is 13.1. The number of nitrogens with zero attached hydrogens (tertiary/aromatic N) is 2. The smallest absolute Gasteiger partial charge is 0.337 e. The highest BCUT2D eigenvalue weighted by Crippen LogP contribution is 2.24. The molecule has 18 heavy (non-hydrogen) atoms. The van der Waals surface area contributed by atoms with E-state index >= 15 is 0 Å². The number of benzene rings is 1. The predicted octanol–water partition coefficient (Wildman–Crippen LogP) is 2.65. The molecule has 0 aliphatic heterocycles. The fourth-order valence-corrected chi connectivity index (χ4v) is 1.76. The molecule has 1 N–H and O–H groups in total. The molecule has 1 aromatic carbocycles. The van der Waals surface area contributed by atoms with Gasteiger partial charge >= 0.3 is 5.97 Å². The summed E-state index contributed by atoms with van der Waals surface area (Å²) < 4.78 is 13.1. The Hall–Kier alpha value is -2.09. The zero-order valence-corrected chi connectivity index (χ0v) is 10.4. The highest BCUT2D eigenvalue weighted by molar-refractivity contribution is 5.94. The molecule has 1 rings (SSSR count). The quantitative estimate of drug-likeness (QED) is 0.872. The molecular weight excluding hydrogens is 235 g/mol. The van der Waals surface area contributed by atoms with E-state index in [0.29, 0.717) is 12.2 Å². The van der Waals surface area contributed by atoms with Gasteiger partial charge in [0.25, 0.3) is 0 Å². The molecule has 0 fully saturated rings. The molecular formula is C13H15FN2O2. The molecule has 4 nitrogen and oxygen atoms in total. The van der Waals surface area contributed by atoms with Gasteiger partial charge in [0.1, 0.15) is 5.82 Å². The summed E-state index contributed by atoms with van der Waals surface area (Å²) in [4.78, 5) is 12.9. The summed E-state index contributed by atoms with van der Waals surface area (Å²) in [5.41, 5.74) is 0.357. The monoisotopic (exact) mass is 250 g/mol. The highest BCUT2D eigenvalue weighted by Gasteiger charge is 2.18. The zero-order valence-electron chi connectivity index (χ0n) is 10.4. The van der Waals surface area contributed by atoms with Crippen LogP contribution >= 0.6 is 0 Å². The lowest BCUT2D eigenvalue weighted by molar-refractivity contribution is 0.0697. The standard InChI is InChI=1S/C13H15FN2O2/c1-9(2)16(7-3-6-15)12-5-4-10(14)8-11(12)13(17)18/h4-5,8-9H,3,7H2,1-2H3,(H,17,18). The van der Waals surface area contributed by atoms with E-state index in [9.17, 15) is 9.18 Å². The molecule has 0 bridgehead atoms. The van der Waals surface area contributed by atoms with E-state index in [1.54, 1.807) is 4.90 Å². The van der Waals surface area contributed by atoms with Gasteiger partial charge in [-0.05, 0) is 32.0 Å². The van der Waals surface area contributed by atoms with Crippen molar-refractivity contribution in [1.82, 2.24) is 0 Å². The molecule has 1 aromatic rings. The lowest BCUT2D eigenvalue weighted by Crippen LogP contribution is -2.33. The first-order valence-electron chi connectivity index (χ1n) is 5.63. The van der Waals surface area contributed by atoms with E-state index in [0.717, 1.165) is 6.07 Å². The Kier molecular flexibility index (Phi) is 4.67. The van der Waals surface area contributed by atoms with Crippen LogP contribution < -0.4 is 4.90 Å². The number of halogens is 1. The van der Waals surface area contributed by atoms with Crippen LogP contribution in [-0.4, -0.2) is 23.7 Å². The van der Waals surface area contributed by atoms with Crippen molar-refractivity contribution >= 4 is 11.7 Å². The van der Waals surface area contributed by atoms with Gasteiger partial charge in [-0.1, -0.05) is 0 Å². The van der Waals surface area contributed by atoms with Gasteiger partial charge in [-0.2, -0.15) is 5.26 Å². The van der Waals surface area contributed by atoms with Crippen molar-refractivity contribution in [3.63, 3.8) is 0 Å². The third-order valence-corrected chi connectivity index (χ3v) is 2.59. The SMILES string of the molecule is CC(C)N(CCC#N)c1ccc(F)cc1C(=O)O. The molecule has 0 heterocycles. The van der Waals surface area contributed by atoms with Crippen LogP contribution in [0.1, 0.15) is 30.6 Å². The van der Waals surface area contributed by atoms with Crippen molar-refractivity contribution in [1.29, 1.82) is 5.26 Å². The van der Waals surface area contributed by atoms with Crippen molar-refractivity contribution in [2.45, 2.75) is 26.3 Å². The van der Waals surface area contributed by atoms with Crippen molar-refractivity contribution in [3.8, 4) is 6.07 Å². The molecule has 0 aliphatic carbocycles. The molecule has 0 aromatic heterocycles. The number of nitriles is 1. The van der Waals surface area contributed by atoms with Gasteiger partial charge in [-0.25, -0.2) is 9.18 Å². The second-order valence-electron chi connectivity index (χ2n) is 4.16. The van der Waals surface area contributed by atoms with Gasteiger partial charge in [0, 0.05) is 12.6 Å². The summed E-state index contributed by atoms with van der Waals surface area (Å²) in [6.07, 6.45) is 0.286. The van der Waals surface area contributed by atoms with Crippen LogP contribution in [0.4, 0.5) is 10.1 Å². The number of rotatable bonds is 5. The van der Waals surface area contributed by atoms with Gasteiger partial charge in [0.15, 0.2) is 0 Å². The summed E-state index contributed by atoms with van der Waals surface area (Å²) in [5.74, 6) is -1.76. The van der Waals surface area contributed by atoms with E-state index in [2.05, 4.69) is 0 Å². The van der Waals surface area contributed by atoms with E-state index in [-0.39, 0.29) is 18.0 Å². The first-order valence-corrected chi connectivity index (χ1v) is 5.63. The number of hydrogen-bond acceptors (Lipinski definition) is 3. The van der Waals surface area contributed by atoms with Gasteiger partial charge in [0.05, 0.1) is 23.7 Å². The molecule has 0 spiro atoms. The van der Waals surface area contributed by atoms with Crippen LogP contribution in [0.5, 0.6) is 0 Å². The van der Waals surface area contributed by atoms with E-state index < -0.39 is 11.8 Å². The molecule has 5 heteroatoms. The Morgan fingerprint density at radius 1 is 1.56 bits per heavy atom. The number of carbonyl (C=O) groups is 1. The fourth-order valence-electron chi connectivity index (χ4n) is 1.76. The maximum atomic E-state index is 13.1. The Morgan fingerprint density at radius 3 is 2.72 bits per heavy atom. The Morgan fingerprint density at radius 2 is 2.22 bits per heavy atom. The second kappa shape index (κ2) is 6.01. The van der Waals surface area contributed by atoms with Crippen molar-refractivity contribution in [3.05, 3.63) is 29.6 Å². The van der Waals surface area contributed by atoms with Gasteiger partial charge in [-0.3, -0.25) is 0 Å². The third kappa shape index (κ3) is 3.20. The van der Waals surface area contributed by atoms with Crippen molar-refractivity contribution < 1.29 is 14.3 Å². The van der Waals surface area contributed by atoms with E-state index in [1.165, 1.54) is 12.1 Å². The van der Waals surface area contributed by atoms with Crippen molar-refractivity contribution in [2.75, 3.05) is 11.4 Å². The molecule has 0 saturated carbocycles. The van der Waals surface area contributed by atoms with E-state index in [1.807, 2.05) is 19.9 Å². The molecule has 0 saturated heterocycles. The number of aromatic carboxylic acids is 1. The summed E-state index contributed by atoms with van der Waals surface area (Å²) in [7, 11) is 0. The zero-order chi connectivity index (χ0) is 13.7. The summed E-state index contributed by atoms with van der Waals surface area (Å²) in [5, 5.41) is 17.7. The minimum absolute atomic E-state index is 0.0295. The van der Waals surface area contributed by atoms with Gasteiger partial charge in [-0.15, -0.1) is 0 Å². The average molecular weight is 250 g/mol. The average Bonchev–Trinajstić information content (AvgIpc) is 2.30. The number of anilines is 1. The predicted molar refractivity (Wildman–Crippen MR) is 66.1 cm³/mol. The molecule has 0 atom stereocenters. The first kappa shape index (κ1) is 14.0. The minimum atomic E-state index is -1.17. The number of carboxylic acid groups (broad SMARTS) is 1. The first-order chi connectivity index (χ1) is 8.47. The lowest BCUT2D eigenvalue weighted by Gasteiger charge is -2.29. The lowest BCUT2D eigenvalue weighted by atomic mass is 10.1. The molecule has 0 radical (unpaired) electrons. The van der Waals surface area contributed by atoms with Gasteiger partial charge < -0.3 is 10.0 Å². The summed E-state index contributed by atoms with van der Waals surface area (Å²) in [6.45, 7) is 4.21. The van der Waals surface area contributed by atoms with E-state index in [4.69, 9.17) is 10.4 Å². The topological polar surface area (TPSA) is 64.3 Å². The Bertz CT molecular complexity index is 480. The third-order valence-electron chi connectivity index (χ3n) is 2.59. The van der Waals surface area contributed by atoms with Crippen molar-refractivity contribution in [2.24, 2.45) is 0 Å². The van der Waals surface area contributed by atoms with Crippen LogP contribution in [0.15, 0.2) is 18.2 Å². The summed E-state index contributed by atoms with van der Waals surface area (Å²) in [6, 6.07) is 5.72. The van der Waals surface area contributed by atoms with Crippen LogP contribution in [0, 0.1) is 17.1 Å². The molecule has 0 unspecified atom stereocenters. The normalized spacial score (nSPS) is 10.2. The highest BCUT2D eigenvalue weighted by atomic mass is 19.1.